The van der Waals surface area contributed by atoms with Crippen molar-refractivity contribution >= 4 is 34.8 Å². The first kappa shape index (κ1) is 19.9. The maximum atomic E-state index is 12.1. The van der Waals surface area contributed by atoms with Gasteiger partial charge >= 0.3 is 5.97 Å². The fourth-order valence-corrected chi connectivity index (χ4v) is 3.33. The van der Waals surface area contributed by atoms with Crippen LogP contribution in [0.2, 0.25) is 5.02 Å². The number of benzene rings is 2. The summed E-state index contributed by atoms with van der Waals surface area (Å²) in [7, 11) is 0. The molecule has 0 aliphatic carbocycles. The van der Waals surface area contributed by atoms with Gasteiger partial charge in [0, 0.05) is 23.1 Å². The van der Waals surface area contributed by atoms with E-state index < -0.39 is 18.5 Å². The summed E-state index contributed by atoms with van der Waals surface area (Å²) >= 11 is 7.12. The quantitative estimate of drug-likeness (QED) is 0.645. The van der Waals surface area contributed by atoms with E-state index >= 15 is 0 Å². The highest BCUT2D eigenvalue weighted by Gasteiger charge is 2.15. The molecule has 3 rings (SSSR count). The number of hydrogen-bond donors (Lipinski definition) is 1. The second-order valence-corrected chi connectivity index (χ2v) is 7.35. The second kappa shape index (κ2) is 8.86. The van der Waals surface area contributed by atoms with Crippen molar-refractivity contribution in [2.24, 2.45) is 4.99 Å². The van der Waals surface area contributed by atoms with E-state index in [0.717, 1.165) is 5.56 Å². The van der Waals surface area contributed by atoms with Crippen molar-refractivity contribution in [1.29, 1.82) is 0 Å². The monoisotopic (exact) mass is 416 g/mol. The lowest BCUT2D eigenvalue weighted by atomic mass is 10.1. The number of carbonyl (C=O) groups is 2. The molecule has 0 aliphatic heterocycles. The molecule has 0 radical (unpaired) electrons. The summed E-state index contributed by atoms with van der Waals surface area (Å²) < 4.78 is 6.79. The number of amides is 1. The molecule has 8 heteroatoms. The van der Waals surface area contributed by atoms with Crippen LogP contribution in [-0.2, 0) is 16.1 Å². The number of esters is 1. The van der Waals surface area contributed by atoms with Gasteiger partial charge in [0.05, 0.1) is 0 Å². The van der Waals surface area contributed by atoms with E-state index in [-0.39, 0.29) is 16.3 Å². The number of nitrogens with zero attached hydrogens (tertiary/aromatic N) is 2. The van der Waals surface area contributed by atoms with Gasteiger partial charge in [-0.3, -0.25) is 4.79 Å². The zero-order chi connectivity index (χ0) is 20.1. The second-order valence-electron chi connectivity index (χ2n) is 6.04. The number of ether oxygens (including phenoxy) is 1. The summed E-state index contributed by atoms with van der Waals surface area (Å²) in [6.07, 6.45) is 1.84. The molecular formula is C20H17ClN2O4S. The molecule has 0 saturated heterocycles. The third-order valence-electron chi connectivity index (χ3n) is 3.86. The first-order valence-electron chi connectivity index (χ1n) is 8.35. The van der Waals surface area contributed by atoms with Crippen molar-refractivity contribution in [2.45, 2.75) is 13.5 Å². The van der Waals surface area contributed by atoms with Gasteiger partial charge < -0.3 is 14.4 Å². The first-order valence-corrected chi connectivity index (χ1v) is 9.61. The molecule has 0 unspecified atom stereocenters. The molecule has 3 aromatic rings. The molecule has 0 fully saturated rings. The molecule has 0 aliphatic rings. The fourth-order valence-electron chi connectivity index (χ4n) is 2.41. The zero-order valence-electron chi connectivity index (χ0n) is 15.0. The maximum Gasteiger partial charge on any atom is 0.342 e. The van der Waals surface area contributed by atoms with E-state index in [9.17, 15) is 14.7 Å². The van der Waals surface area contributed by atoms with Gasteiger partial charge in [-0.15, -0.1) is 11.3 Å². The molecule has 144 valence electrons. The van der Waals surface area contributed by atoms with Crippen LogP contribution in [0.5, 0.6) is 5.75 Å². The number of aromatic hydroxyl groups is 1. The van der Waals surface area contributed by atoms with E-state index in [2.05, 4.69) is 4.99 Å². The third kappa shape index (κ3) is 5.09. The van der Waals surface area contributed by atoms with Crippen molar-refractivity contribution in [3.8, 4) is 5.75 Å². The standard InChI is InChI=1S/C20H17ClN2O4S/c1-13-2-4-14(5-3-13)11-23-8-9-28-20(23)22-18(25)12-27-19(26)16-10-15(21)6-7-17(16)24/h2-10,24H,11-12H2,1H3. The average molecular weight is 417 g/mol. The van der Waals surface area contributed by atoms with E-state index in [1.165, 1.54) is 35.1 Å². The zero-order valence-corrected chi connectivity index (χ0v) is 16.5. The predicted molar refractivity (Wildman–Crippen MR) is 107 cm³/mol. The molecule has 1 heterocycles. The number of rotatable bonds is 5. The Morgan fingerprint density at radius 2 is 1.96 bits per heavy atom. The summed E-state index contributed by atoms with van der Waals surface area (Å²) in [5.41, 5.74) is 2.15. The summed E-state index contributed by atoms with van der Waals surface area (Å²) in [4.78, 5) is 28.7. The number of aryl methyl sites for hydroxylation is 1. The van der Waals surface area contributed by atoms with E-state index in [1.54, 1.807) is 0 Å². The molecule has 0 bridgehead atoms. The van der Waals surface area contributed by atoms with Gasteiger partial charge in [0.15, 0.2) is 11.4 Å². The Bertz CT molecular complexity index is 1070. The molecule has 28 heavy (non-hydrogen) atoms. The minimum absolute atomic E-state index is 0.106. The van der Waals surface area contributed by atoms with E-state index in [1.807, 2.05) is 47.3 Å². The largest absolute Gasteiger partial charge is 0.507 e. The summed E-state index contributed by atoms with van der Waals surface area (Å²) in [6.45, 7) is 2.06. The molecule has 2 aromatic carbocycles. The summed E-state index contributed by atoms with van der Waals surface area (Å²) in [5, 5.41) is 11.8. The van der Waals surface area contributed by atoms with Crippen molar-refractivity contribution in [3.05, 3.63) is 80.6 Å². The Morgan fingerprint density at radius 1 is 1.21 bits per heavy atom. The molecule has 6 nitrogen and oxygen atoms in total. The van der Waals surface area contributed by atoms with Crippen molar-refractivity contribution in [3.63, 3.8) is 0 Å². The average Bonchev–Trinajstić information content (AvgIpc) is 3.10. The van der Waals surface area contributed by atoms with Gasteiger partial charge in [-0.1, -0.05) is 41.4 Å². The lowest BCUT2D eigenvalue weighted by Crippen LogP contribution is -2.20. The Morgan fingerprint density at radius 3 is 2.71 bits per heavy atom. The van der Waals surface area contributed by atoms with Gasteiger partial charge in [0.2, 0.25) is 0 Å². The Labute approximate surface area is 170 Å². The summed E-state index contributed by atoms with van der Waals surface area (Å²) in [5.74, 6) is -1.72. The SMILES string of the molecule is Cc1ccc(Cn2ccsc2=NC(=O)COC(=O)c2cc(Cl)ccc2O)cc1. The number of hydrogen-bond acceptors (Lipinski definition) is 5. The van der Waals surface area contributed by atoms with Gasteiger partial charge in [0.25, 0.3) is 5.91 Å². The van der Waals surface area contributed by atoms with Crippen LogP contribution in [0, 0.1) is 6.92 Å². The fraction of sp³-hybridized carbons (Fsp3) is 0.150. The Kier molecular flexibility index (Phi) is 6.28. The van der Waals surface area contributed by atoms with E-state index in [4.69, 9.17) is 16.3 Å². The third-order valence-corrected chi connectivity index (χ3v) is 4.89. The van der Waals surface area contributed by atoms with Crippen molar-refractivity contribution in [1.82, 2.24) is 4.57 Å². The van der Waals surface area contributed by atoms with Crippen LogP contribution in [0.1, 0.15) is 21.5 Å². The van der Waals surface area contributed by atoms with Gasteiger partial charge in [-0.25, -0.2) is 4.79 Å². The van der Waals surface area contributed by atoms with Crippen LogP contribution in [-0.4, -0.2) is 28.2 Å². The van der Waals surface area contributed by atoms with Gasteiger partial charge in [0.1, 0.15) is 11.3 Å². The van der Waals surface area contributed by atoms with Gasteiger partial charge in [-0.2, -0.15) is 4.99 Å². The minimum atomic E-state index is -0.845. The number of halogens is 1. The number of thiazole rings is 1. The molecule has 0 saturated carbocycles. The van der Waals surface area contributed by atoms with Crippen LogP contribution in [0.25, 0.3) is 0 Å². The predicted octanol–water partition coefficient (Wildman–Crippen LogP) is 3.55. The number of phenols is 1. The Balaban J connectivity index is 1.66. The minimum Gasteiger partial charge on any atom is -0.507 e. The lowest BCUT2D eigenvalue weighted by Gasteiger charge is -2.05. The van der Waals surface area contributed by atoms with Crippen molar-refractivity contribution in [2.75, 3.05) is 6.61 Å². The molecule has 0 spiro atoms. The van der Waals surface area contributed by atoms with Crippen LogP contribution < -0.4 is 4.80 Å². The Hall–Kier alpha value is -2.90. The number of aromatic nitrogens is 1. The molecule has 0 atom stereocenters. The highest BCUT2D eigenvalue weighted by atomic mass is 35.5. The summed E-state index contributed by atoms with van der Waals surface area (Å²) in [6, 6.07) is 12.1. The topological polar surface area (TPSA) is 80.9 Å². The maximum absolute atomic E-state index is 12.1. The van der Waals surface area contributed by atoms with Crippen LogP contribution in [0.3, 0.4) is 0 Å². The molecule has 1 amide bonds. The number of carbonyl (C=O) groups excluding carboxylic acids is 2. The normalized spacial score (nSPS) is 11.4. The highest BCUT2D eigenvalue weighted by molar-refractivity contribution is 7.07. The molecule has 1 N–H and O–H groups in total. The van der Waals surface area contributed by atoms with Crippen LogP contribution >= 0.6 is 22.9 Å². The van der Waals surface area contributed by atoms with Gasteiger partial charge in [-0.05, 0) is 30.7 Å². The molecular weight excluding hydrogens is 400 g/mol. The van der Waals surface area contributed by atoms with Crippen LogP contribution in [0.15, 0.2) is 59.0 Å². The van der Waals surface area contributed by atoms with Crippen molar-refractivity contribution < 1.29 is 19.4 Å². The first-order chi connectivity index (χ1) is 13.4. The number of phenolic OH excluding ortho intramolecular Hbond substituents is 1. The van der Waals surface area contributed by atoms with E-state index in [0.29, 0.717) is 11.3 Å². The molecule has 1 aromatic heterocycles. The highest BCUT2D eigenvalue weighted by Crippen LogP contribution is 2.22. The smallest absolute Gasteiger partial charge is 0.342 e. The lowest BCUT2D eigenvalue weighted by molar-refractivity contribution is -0.121. The van der Waals surface area contributed by atoms with Crippen LogP contribution in [0.4, 0.5) is 0 Å².